The van der Waals surface area contributed by atoms with E-state index in [2.05, 4.69) is 92.7 Å². The van der Waals surface area contributed by atoms with Crippen molar-refractivity contribution in [1.29, 1.82) is 0 Å². The van der Waals surface area contributed by atoms with Crippen LogP contribution in [0, 0.1) is 0 Å². The van der Waals surface area contributed by atoms with E-state index in [-0.39, 0.29) is 6.47 Å². The van der Waals surface area contributed by atoms with Crippen LogP contribution in [-0.4, -0.2) is 11.6 Å². The van der Waals surface area contributed by atoms with Crippen LogP contribution in [0.3, 0.4) is 0 Å². The Morgan fingerprint density at radius 2 is 1.28 bits per heavy atom. The van der Waals surface area contributed by atoms with Gasteiger partial charge in [-0.2, -0.15) is 0 Å². The number of benzene rings is 3. The highest BCUT2D eigenvalue weighted by molar-refractivity contribution is 5.64. The van der Waals surface area contributed by atoms with Crippen LogP contribution in [0.1, 0.15) is 62.1 Å². The van der Waals surface area contributed by atoms with E-state index in [1.54, 1.807) is 0 Å². The summed E-state index contributed by atoms with van der Waals surface area (Å²) < 4.78 is 0. The minimum Gasteiger partial charge on any atom is -0.483 e. The molecule has 0 aromatic heterocycles. The third kappa shape index (κ3) is 6.90. The first-order chi connectivity index (χ1) is 14.2. The van der Waals surface area contributed by atoms with Gasteiger partial charge in [-0.25, -0.2) is 0 Å². The minimum absolute atomic E-state index is 0.250. The standard InChI is InChI=1S/C26H30.CH2O2/c1-3-5-7-10-21-13-15-22(16-14-21)23-17-19-25(20-18-23)26(4-2)24-11-8-6-9-12-24;2-1-3/h6,8-9,11-20,26H,3-5,7,10H2,1-2H3;1H,(H,2,3). The molecule has 1 unspecified atom stereocenters. The Kier molecular flexibility index (Phi) is 9.71. The monoisotopic (exact) mass is 388 g/mol. The van der Waals surface area contributed by atoms with Crippen LogP contribution in [0.25, 0.3) is 11.1 Å². The molecule has 1 atom stereocenters. The fraction of sp³-hybridized carbons (Fsp3) is 0.296. The van der Waals surface area contributed by atoms with Crippen molar-refractivity contribution in [2.24, 2.45) is 0 Å². The topological polar surface area (TPSA) is 37.3 Å². The molecule has 3 aromatic carbocycles. The third-order valence-corrected chi connectivity index (χ3v) is 5.28. The zero-order valence-corrected chi connectivity index (χ0v) is 17.6. The van der Waals surface area contributed by atoms with Gasteiger partial charge in [-0.05, 0) is 47.1 Å². The molecule has 2 heteroatoms. The van der Waals surface area contributed by atoms with E-state index in [4.69, 9.17) is 9.90 Å². The smallest absolute Gasteiger partial charge is 0.290 e. The number of aryl methyl sites for hydroxylation is 1. The lowest BCUT2D eigenvalue weighted by Crippen LogP contribution is -1.99. The van der Waals surface area contributed by atoms with Crippen molar-refractivity contribution in [3.63, 3.8) is 0 Å². The highest BCUT2D eigenvalue weighted by atomic mass is 16.3. The number of rotatable bonds is 8. The molecule has 0 fully saturated rings. The van der Waals surface area contributed by atoms with Crippen LogP contribution < -0.4 is 0 Å². The van der Waals surface area contributed by atoms with Crippen molar-refractivity contribution in [2.75, 3.05) is 0 Å². The van der Waals surface area contributed by atoms with Gasteiger partial charge in [0, 0.05) is 5.92 Å². The second-order valence-electron chi connectivity index (χ2n) is 7.25. The quantitative estimate of drug-likeness (QED) is 0.324. The van der Waals surface area contributed by atoms with Crippen molar-refractivity contribution in [3.8, 4) is 11.1 Å². The molecular formula is C27H32O2. The van der Waals surface area contributed by atoms with Gasteiger partial charge in [-0.15, -0.1) is 0 Å². The molecular weight excluding hydrogens is 356 g/mol. The molecule has 2 nitrogen and oxygen atoms in total. The number of carbonyl (C=O) groups is 1. The van der Waals surface area contributed by atoms with Crippen LogP contribution in [-0.2, 0) is 11.2 Å². The zero-order valence-electron chi connectivity index (χ0n) is 17.6. The molecule has 0 heterocycles. The van der Waals surface area contributed by atoms with Crippen molar-refractivity contribution in [1.82, 2.24) is 0 Å². The average Bonchev–Trinajstić information content (AvgIpc) is 2.77. The van der Waals surface area contributed by atoms with E-state index in [9.17, 15) is 0 Å². The summed E-state index contributed by atoms with van der Waals surface area (Å²) in [7, 11) is 0. The van der Waals surface area contributed by atoms with E-state index in [1.165, 1.54) is 53.5 Å². The normalized spacial score (nSPS) is 11.2. The second-order valence-corrected chi connectivity index (χ2v) is 7.25. The summed E-state index contributed by atoms with van der Waals surface area (Å²) in [6, 6.07) is 29.1. The van der Waals surface area contributed by atoms with Crippen LogP contribution in [0.15, 0.2) is 78.9 Å². The Labute approximate surface area is 175 Å². The van der Waals surface area contributed by atoms with E-state index in [1.807, 2.05) is 0 Å². The Morgan fingerprint density at radius 3 is 1.79 bits per heavy atom. The highest BCUT2D eigenvalue weighted by Crippen LogP contribution is 2.29. The van der Waals surface area contributed by atoms with Crippen molar-refractivity contribution in [3.05, 3.63) is 95.6 Å². The summed E-state index contributed by atoms with van der Waals surface area (Å²) in [5, 5.41) is 6.89. The molecule has 0 amide bonds. The summed E-state index contributed by atoms with van der Waals surface area (Å²) in [5.41, 5.74) is 6.87. The maximum atomic E-state index is 8.36. The summed E-state index contributed by atoms with van der Waals surface area (Å²) >= 11 is 0. The molecule has 0 radical (unpaired) electrons. The van der Waals surface area contributed by atoms with Crippen molar-refractivity contribution >= 4 is 6.47 Å². The van der Waals surface area contributed by atoms with E-state index < -0.39 is 0 Å². The van der Waals surface area contributed by atoms with Crippen molar-refractivity contribution < 1.29 is 9.90 Å². The fourth-order valence-electron chi connectivity index (χ4n) is 3.70. The molecule has 0 spiro atoms. The molecule has 1 N–H and O–H groups in total. The third-order valence-electron chi connectivity index (χ3n) is 5.28. The molecule has 3 rings (SSSR count). The number of hydrogen-bond acceptors (Lipinski definition) is 1. The van der Waals surface area contributed by atoms with Gasteiger partial charge >= 0.3 is 0 Å². The lowest BCUT2D eigenvalue weighted by Gasteiger charge is -2.16. The van der Waals surface area contributed by atoms with Gasteiger partial charge in [0.2, 0.25) is 0 Å². The number of unbranched alkanes of at least 4 members (excludes halogenated alkanes) is 2. The molecule has 0 aliphatic heterocycles. The molecule has 0 bridgehead atoms. The molecule has 0 aliphatic carbocycles. The van der Waals surface area contributed by atoms with Gasteiger partial charge in [0.05, 0.1) is 0 Å². The molecule has 29 heavy (non-hydrogen) atoms. The first-order valence-electron chi connectivity index (χ1n) is 10.6. The van der Waals surface area contributed by atoms with Crippen LogP contribution >= 0.6 is 0 Å². The van der Waals surface area contributed by atoms with Gasteiger partial charge in [0.25, 0.3) is 6.47 Å². The largest absolute Gasteiger partial charge is 0.483 e. The SMILES string of the molecule is CCCCCc1ccc(-c2ccc(C(CC)c3ccccc3)cc2)cc1.O=CO. The fourth-order valence-corrected chi connectivity index (χ4v) is 3.70. The van der Waals surface area contributed by atoms with Gasteiger partial charge in [0.1, 0.15) is 0 Å². The maximum absolute atomic E-state index is 8.36. The summed E-state index contributed by atoms with van der Waals surface area (Å²) in [4.78, 5) is 8.36. The zero-order chi connectivity index (χ0) is 20.9. The van der Waals surface area contributed by atoms with Crippen LogP contribution in [0.4, 0.5) is 0 Å². The Balaban J connectivity index is 0.000000941. The van der Waals surface area contributed by atoms with Crippen molar-refractivity contribution in [2.45, 2.75) is 51.9 Å². The highest BCUT2D eigenvalue weighted by Gasteiger charge is 2.11. The Bertz CT molecular complexity index is 821. The maximum Gasteiger partial charge on any atom is 0.290 e. The predicted molar refractivity (Wildman–Crippen MR) is 122 cm³/mol. The van der Waals surface area contributed by atoms with E-state index in [0.717, 1.165) is 6.42 Å². The van der Waals surface area contributed by atoms with E-state index in [0.29, 0.717) is 5.92 Å². The molecule has 152 valence electrons. The van der Waals surface area contributed by atoms with Gasteiger partial charge in [0.15, 0.2) is 0 Å². The second kappa shape index (κ2) is 12.6. The van der Waals surface area contributed by atoms with Crippen LogP contribution in [0.2, 0.25) is 0 Å². The number of hydrogen-bond donors (Lipinski definition) is 1. The van der Waals surface area contributed by atoms with E-state index >= 15 is 0 Å². The Hall–Kier alpha value is -2.87. The lowest BCUT2D eigenvalue weighted by molar-refractivity contribution is -0.122. The summed E-state index contributed by atoms with van der Waals surface area (Å²) in [6.07, 6.45) is 6.22. The summed E-state index contributed by atoms with van der Waals surface area (Å²) in [5.74, 6) is 0.478. The molecule has 0 saturated heterocycles. The molecule has 3 aromatic rings. The minimum atomic E-state index is -0.250. The Morgan fingerprint density at radius 1 is 0.759 bits per heavy atom. The predicted octanol–water partition coefficient (Wildman–Crippen LogP) is 7.33. The van der Waals surface area contributed by atoms with Crippen LogP contribution in [0.5, 0.6) is 0 Å². The van der Waals surface area contributed by atoms with Gasteiger partial charge in [-0.3, -0.25) is 4.79 Å². The molecule has 0 aliphatic rings. The molecule has 0 saturated carbocycles. The van der Waals surface area contributed by atoms with Gasteiger partial charge < -0.3 is 5.11 Å². The average molecular weight is 389 g/mol. The number of carboxylic acid groups (broad SMARTS) is 1. The van der Waals surface area contributed by atoms with Gasteiger partial charge in [-0.1, -0.05) is 106 Å². The first kappa shape index (κ1) is 22.4. The first-order valence-corrected chi connectivity index (χ1v) is 10.6. The lowest BCUT2D eigenvalue weighted by atomic mass is 9.88. The summed E-state index contributed by atoms with van der Waals surface area (Å²) in [6.45, 7) is 4.27.